The van der Waals surface area contributed by atoms with Crippen molar-refractivity contribution >= 4 is 16.9 Å². The average Bonchev–Trinajstić information content (AvgIpc) is 2.90. The Morgan fingerprint density at radius 1 is 0.897 bits per heavy atom. The fraction of sp³-hybridized carbons (Fsp3) is 0.120. The first-order valence-corrected chi connectivity index (χ1v) is 10.5. The molecule has 0 saturated heterocycles. The predicted octanol–water partition coefficient (Wildman–Crippen LogP) is 6.17. The molecule has 0 radical (unpaired) electrons. The van der Waals surface area contributed by atoms with Crippen LogP contribution in [0.5, 0.6) is 17.2 Å². The van der Waals surface area contributed by atoms with Crippen LogP contribution in [0.2, 0.25) is 0 Å². The Morgan fingerprint density at radius 3 is 2.13 bits per heavy atom. The van der Waals surface area contributed by atoms with E-state index < -0.39 is 81.7 Å². The molecule has 0 spiro atoms. The SMILES string of the molecule is COc1ccccc1-c1c(C(F)(F)F)oc2cc(OC(=O)COc3c(F)c(F)c(F)c(F)c3F)ccc2c1=O. The van der Waals surface area contributed by atoms with Crippen molar-refractivity contribution in [3.63, 3.8) is 0 Å². The van der Waals surface area contributed by atoms with Crippen molar-refractivity contribution in [2.75, 3.05) is 13.7 Å². The van der Waals surface area contributed by atoms with E-state index in [2.05, 4.69) is 4.74 Å². The number of para-hydroxylation sites is 1. The van der Waals surface area contributed by atoms with Crippen LogP contribution in [0.25, 0.3) is 22.1 Å². The second-order valence-corrected chi connectivity index (χ2v) is 7.65. The van der Waals surface area contributed by atoms with E-state index in [9.17, 15) is 44.7 Å². The van der Waals surface area contributed by atoms with E-state index in [4.69, 9.17) is 13.9 Å². The average molecular weight is 560 g/mol. The maximum Gasteiger partial charge on any atom is 0.450 e. The maximum atomic E-state index is 13.9. The molecule has 14 heteroatoms. The van der Waals surface area contributed by atoms with E-state index in [-0.39, 0.29) is 16.7 Å². The first-order chi connectivity index (χ1) is 18.3. The van der Waals surface area contributed by atoms with Crippen molar-refractivity contribution in [2.45, 2.75) is 6.18 Å². The van der Waals surface area contributed by atoms with E-state index in [0.29, 0.717) is 0 Å². The smallest absolute Gasteiger partial charge is 0.450 e. The van der Waals surface area contributed by atoms with Gasteiger partial charge >= 0.3 is 12.1 Å². The van der Waals surface area contributed by atoms with Gasteiger partial charge in [-0.05, 0) is 18.2 Å². The summed E-state index contributed by atoms with van der Waals surface area (Å²) in [5, 5.41) is -0.332. The first kappa shape index (κ1) is 27.4. The molecule has 39 heavy (non-hydrogen) atoms. The van der Waals surface area contributed by atoms with E-state index in [0.717, 1.165) is 18.2 Å². The molecule has 0 amide bonds. The van der Waals surface area contributed by atoms with Gasteiger partial charge in [0.15, 0.2) is 12.4 Å². The zero-order valence-corrected chi connectivity index (χ0v) is 19.2. The molecule has 0 aliphatic carbocycles. The Hall–Kier alpha value is -4.62. The summed E-state index contributed by atoms with van der Waals surface area (Å²) in [5.41, 5.74) is -2.74. The van der Waals surface area contributed by atoms with E-state index in [1.165, 1.54) is 31.4 Å². The van der Waals surface area contributed by atoms with Crippen LogP contribution in [0.4, 0.5) is 35.1 Å². The van der Waals surface area contributed by atoms with E-state index in [1.54, 1.807) is 0 Å². The fourth-order valence-corrected chi connectivity index (χ4v) is 3.54. The largest absolute Gasteiger partial charge is 0.496 e. The highest BCUT2D eigenvalue weighted by molar-refractivity contribution is 5.86. The van der Waals surface area contributed by atoms with Crippen molar-refractivity contribution in [1.82, 2.24) is 0 Å². The van der Waals surface area contributed by atoms with Crippen molar-refractivity contribution in [3.05, 3.63) is 87.5 Å². The lowest BCUT2D eigenvalue weighted by Crippen LogP contribution is -2.20. The van der Waals surface area contributed by atoms with Gasteiger partial charge < -0.3 is 18.6 Å². The fourth-order valence-electron chi connectivity index (χ4n) is 3.54. The van der Waals surface area contributed by atoms with Crippen LogP contribution in [-0.4, -0.2) is 19.7 Å². The van der Waals surface area contributed by atoms with Gasteiger partial charge in [-0.2, -0.15) is 22.0 Å². The summed E-state index contributed by atoms with van der Waals surface area (Å²) in [7, 11) is 1.20. The highest BCUT2D eigenvalue weighted by Gasteiger charge is 2.40. The summed E-state index contributed by atoms with van der Waals surface area (Å²) in [6.45, 7) is -1.36. The zero-order chi connectivity index (χ0) is 28.6. The number of hydrogen-bond acceptors (Lipinski definition) is 6. The van der Waals surface area contributed by atoms with Crippen molar-refractivity contribution in [1.29, 1.82) is 0 Å². The van der Waals surface area contributed by atoms with Gasteiger partial charge in [0.1, 0.15) is 17.1 Å². The van der Waals surface area contributed by atoms with Gasteiger partial charge in [0.25, 0.3) is 0 Å². The molecule has 3 aromatic carbocycles. The summed E-state index contributed by atoms with van der Waals surface area (Å²) in [5.74, 6) is -17.1. The first-order valence-electron chi connectivity index (χ1n) is 10.5. The second kappa shape index (κ2) is 10.3. The number of halogens is 8. The summed E-state index contributed by atoms with van der Waals surface area (Å²) < 4.78 is 128. The molecule has 0 bridgehead atoms. The molecule has 4 rings (SSSR count). The van der Waals surface area contributed by atoms with Gasteiger partial charge in [0.05, 0.1) is 18.1 Å². The third kappa shape index (κ3) is 5.09. The number of methoxy groups -OCH3 is 1. The molecule has 0 unspecified atom stereocenters. The minimum absolute atomic E-state index is 0.0333. The summed E-state index contributed by atoms with van der Waals surface area (Å²) in [6, 6.07) is 8.19. The quantitative estimate of drug-likeness (QED) is 0.0924. The maximum absolute atomic E-state index is 13.9. The number of carbonyl (C=O) groups excluding carboxylic acids is 1. The molecule has 0 saturated carbocycles. The third-order valence-electron chi connectivity index (χ3n) is 5.23. The van der Waals surface area contributed by atoms with Gasteiger partial charge in [0, 0.05) is 11.6 Å². The molecular formula is C25H12F8O6. The third-order valence-corrected chi connectivity index (χ3v) is 5.23. The number of rotatable bonds is 6. The molecule has 0 aliphatic heterocycles. The normalized spacial score (nSPS) is 11.5. The minimum atomic E-state index is -5.14. The molecule has 0 atom stereocenters. The molecule has 0 N–H and O–H groups in total. The molecule has 0 fully saturated rings. The second-order valence-electron chi connectivity index (χ2n) is 7.65. The van der Waals surface area contributed by atoms with Crippen molar-refractivity contribution in [3.8, 4) is 28.4 Å². The standard InChI is InChI=1S/C25H12F8O6/c1-36-13-5-3-2-4-11(13)16-22(35)12-7-6-10(8-14(12)39-24(16)25(31,32)33)38-15(34)9-37-23-20(29)18(27)17(26)19(28)21(23)30/h2-8H,9H2,1H3. The number of fused-ring (bicyclic) bond motifs is 1. The predicted molar refractivity (Wildman–Crippen MR) is 117 cm³/mol. The summed E-state index contributed by atoms with van der Waals surface area (Å²) >= 11 is 0. The van der Waals surface area contributed by atoms with Crippen LogP contribution in [0.15, 0.2) is 51.7 Å². The van der Waals surface area contributed by atoms with Crippen LogP contribution >= 0.6 is 0 Å². The van der Waals surface area contributed by atoms with Crippen LogP contribution < -0.4 is 19.6 Å². The lowest BCUT2D eigenvalue weighted by atomic mass is 10.0. The molecule has 6 nitrogen and oxygen atoms in total. The van der Waals surface area contributed by atoms with Gasteiger partial charge in [-0.25, -0.2) is 18.0 Å². The van der Waals surface area contributed by atoms with Crippen LogP contribution in [0.3, 0.4) is 0 Å². The van der Waals surface area contributed by atoms with E-state index in [1.807, 2.05) is 0 Å². The molecule has 4 aromatic rings. The lowest BCUT2D eigenvalue weighted by molar-refractivity contribution is -0.152. The number of benzene rings is 3. The molecule has 0 aliphatic rings. The number of alkyl halides is 3. The zero-order valence-electron chi connectivity index (χ0n) is 19.2. The number of carbonyl (C=O) groups is 1. The molecule has 1 aromatic heterocycles. The van der Waals surface area contributed by atoms with Crippen LogP contribution in [-0.2, 0) is 11.0 Å². The summed E-state index contributed by atoms with van der Waals surface area (Å²) in [4.78, 5) is 25.1. The Balaban J connectivity index is 1.67. The summed E-state index contributed by atoms with van der Waals surface area (Å²) in [6.07, 6.45) is -5.14. The lowest BCUT2D eigenvalue weighted by Gasteiger charge is -2.15. The number of hydrogen-bond donors (Lipinski definition) is 0. The monoisotopic (exact) mass is 560 g/mol. The van der Waals surface area contributed by atoms with Gasteiger partial charge in [0.2, 0.25) is 40.3 Å². The topological polar surface area (TPSA) is 75.0 Å². The highest BCUT2D eigenvalue weighted by atomic mass is 19.4. The Labute approximate surface area is 211 Å². The highest BCUT2D eigenvalue weighted by Crippen LogP contribution is 2.40. The Morgan fingerprint density at radius 2 is 1.51 bits per heavy atom. The van der Waals surface area contributed by atoms with Crippen LogP contribution in [0, 0.1) is 29.1 Å². The van der Waals surface area contributed by atoms with Crippen molar-refractivity contribution < 1.29 is 58.5 Å². The Kier molecular flexibility index (Phi) is 7.22. The number of ether oxygens (including phenoxy) is 3. The van der Waals surface area contributed by atoms with Crippen LogP contribution in [0.1, 0.15) is 5.76 Å². The van der Waals surface area contributed by atoms with Gasteiger partial charge in [-0.1, -0.05) is 18.2 Å². The van der Waals surface area contributed by atoms with Gasteiger partial charge in [-0.3, -0.25) is 4.79 Å². The van der Waals surface area contributed by atoms with E-state index >= 15 is 0 Å². The minimum Gasteiger partial charge on any atom is -0.496 e. The molecule has 204 valence electrons. The Bertz CT molecular complexity index is 1630. The molecule has 1 heterocycles. The molecular weight excluding hydrogens is 548 g/mol. The van der Waals surface area contributed by atoms with Crippen molar-refractivity contribution in [2.24, 2.45) is 0 Å². The van der Waals surface area contributed by atoms with Gasteiger partial charge in [-0.15, -0.1) is 0 Å². The number of esters is 1.